The maximum Gasteiger partial charge on any atom is 0.332 e. The summed E-state index contributed by atoms with van der Waals surface area (Å²) in [5, 5.41) is 3.98. The fraction of sp³-hybridized carbons (Fsp3) is 0.778. The second-order valence-corrected chi connectivity index (χ2v) is 2.95. The average molecular weight is 185 g/mol. The number of rotatable bonds is 5. The van der Waals surface area contributed by atoms with Crippen LogP contribution in [-0.4, -0.2) is 11.7 Å². The highest BCUT2D eigenvalue weighted by molar-refractivity contribution is 5.87. The van der Waals surface area contributed by atoms with Crippen LogP contribution >= 0.6 is 0 Å². The van der Waals surface area contributed by atoms with E-state index >= 15 is 0 Å². The summed E-state index contributed by atoms with van der Waals surface area (Å²) in [6.45, 7) is 6.26. The molecule has 2 amide bonds. The first-order valence-electron chi connectivity index (χ1n) is 4.77. The number of nitrogens with zero attached hydrogens (tertiary/aromatic N) is 1. The van der Waals surface area contributed by atoms with Crippen molar-refractivity contribution in [3.8, 4) is 0 Å². The minimum atomic E-state index is -0.600. The minimum Gasteiger partial charge on any atom is -0.350 e. The van der Waals surface area contributed by atoms with Crippen molar-refractivity contribution in [2.45, 2.75) is 40.0 Å². The van der Waals surface area contributed by atoms with Gasteiger partial charge in [0.1, 0.15) is 0 Å². The molecule has 0 saturated carbocycles. The van der Waals surface area contributed by atoms with Gasteiger partial charge in [-0.25, -0.2) is 10.2 Å². The molecule has 0 aliphatic carbocycles. The van der Waals surface area contributed by atoms with Gasteiger partial charge in [-0.3, -0.25) is 0 Å². The summed E-state index contributed by atoms with van der Waals surface area (Å²) in [5.41, 5.74) is 8.21. The lowest BCUT2D eigenvalue weighted by molar-refractivity contribution is 0.249. The minimum absolute atomic E-state index is 0.455. The third-order valence-corrected chi connectivity index (χ3v) is 2.13. The van der Waals surface area contributed by atoms with Crippen LogP contribution in [0.15, 0.2) is 5.10 Å². The first kappa shape index (κ1) is 11.9. The van der Waals surface area contributed by atoms with E-state index in [9.17, 15) is 4.79 Å². The number of amides is 2. The molecule has 4 nitrogen and oxygen atoms in total. The lowest BCUT2D eigenvalue weighted by Crippen LogP contribution is -2.27. The predicted octanol–water partition coefficient (Wildman–Crippen LogP) is 1.86. The SMILES string of the molecule is CC/C(=N\NC(N)=O)C(CC)CC. The number of urea groups is 1. The third-order valence-electron chi connectivity index (χ3n) is 2.13. The Balaban J connectivity index is 4.28. The van der Waals surface area contributed by atoms with Crippen LogP contribution in [0.3, 0.4) is 0 Å². The Labute approximate surface area is 79.6 Å². The van der Waals surface area contributed by atoms with Gasteiger partial charge in [0.25, 0.3) is 0 Å². The van der Waals surface area contributed by atoms with Crippen LogP contribution in [0.5, 0.6) is 0 Å². The van der Waals surface area contributed by atoms with Crippen molar-refractivity contribution in [2.24, 2.45) is 16.8 Å². The van der Waals surface area contributed by atoms with Crippen LogP contribution in [0.2, 0.25) is 0 Å². The topological polar surface area (TPSA) is 67.5 Å². The van der Waals surface area contributed by atoms with E-state index < -0.39 is 6.03 Å². The molecule has 4 heteroatoms. The van der Waals surface area contributed by atoms with E-state index in [-0.39, 0.29) is 0 Å². The van der Waals surface area contributed by atoms with E-state index in [0.29, 0.717) is 5.92 Å². The highest BCUT2D eigenvalue weighted by atomic mass is 16.2. The van der Waals surface area contributed by atoms with Crippen LogP contribution in [0, 0.1) is 5.92 Å². The summed E-state index contributed by atoms with van der Waals surface area (Å²) in [7, 11) is 0. The molecule has 0 aliphatic rings. The molecule has 0 heterocycles. The molecule has 0 aromatic rings. The summed E-state index contributed by atoms with van der Waals surface area (Å²) in [6, 6.07) is -0.600. The average Bonchev–Trinajstić information content (AvgIpc) is 2.11. The summed E-state index contributed by atoms with van der Waals surface area (Å²) in [4.78, 5) is 10.4. The Kier molecular flexibility index (Phi) is 5.93. The zero-order valence-electron chi connectivity index (χ0n) is 8.63. The summed E-state index contributed by atoms with van der Waals surface area (Å²) in [6.07, 6.45) is 2.94. The molecule has 0 fully saturated rings. The van der Waals surface area contributed by atoms with Gasteiger partial charge in [0, 0.05) is 5.71 Å². The molecule has 13 heavy (non-hydrogen) atoms. The zero-order chi connectivity index (χ0) is 10.3. The van der Waals surface area contributed by atoms with Crippen LogP contribution in [0.1, 0.15) is 40.0 Å². The molecule has 0 radical (unpaired) electrons. The van der Waals surface area contributed by atoms with E-state index in [0.717, 1.165) is 25.0 Å². The van der Waals surface area contributed by atoms with Gasteiger partial charge in [-0.15, -0.1) is 0 Å². The number of nitrogens with two attached hydrogens (primary N) is 1. The monoisotopic (exact) mass is 185 g/mol. The Morgan fingerprint density at radius 2 is 1.92 bits per heavy atom. The first-order chi connectivity index (χ1) is 6.15. The van der Waals surface area contributed by atoms with Crippen molar-refractivity contribution in [2.75, 3.05) is 0 Å². The zero-order valence-corrected chi connectivity index (χ0v) is 8.63. The largest absolute Gasteiger partial charge is 0.350 e. The second-order valence-electron chi connectivity index (χ2n) is 2.95. The number of carbonyl (C=O) groups excluding carboxylic acids is 1. The van der Waals surface area contributed by atoms with E-state index in [2.05, 4.69) is 24.4 Å². The van der Waals surface area contributed by atoms with Crippen LogP contribution in [0.4, 0.5) is 4.79 Å². The molecule has 0 spiro atoms. The van der Waals surface area contributed by atoms with Gasteiger partial charge in [-0.1, -0.05) is 20.8 Å². The van der Waals surface area contributed by atoms with Gasteiger partial charge < -0.3 is 5.73 Å². The molecule has 0 atom stereocenters. The van der Waals surface area contributed by atoms with Crippen molar-refractivity contribution in [1.82, 2.24) is 5.43 Å². The van der Waals surface area contributed by atoms with Crippen molar-refractivity contribution < 1.29 is 4.79 Å². The molecule has 0 aromatic heterocycles. The van der Waals surface area contributed by atoms with Gasteiger partial charge in [0.2, 0.25) is 0 Å². The lowest BCUT2D eigenvalue weighted by Gasteiger charge is -2.13. The van der Waals surface area contributed by atoms with Crippen molar-refractivity contribution in [3.63, 3.8) is 0 Å². The van der Waals surface area contributed by atoms with Crippen molar-refractivity contribution >= 4 is 11.7 Å². The number of hydrogen-bond acceptors (Lipinski definition) is 2. The van der Waals surface area contributed by atoms with Gasteiger partial charge in [0.05, 0.1) is 0 Å². The highest BCUT2D eigenvalue weighted by Crippen LogP contribution is 2.11. The highest BCUT2D eigenvalue weighted by Gasteiger charge is 2.09. The van der Waals surface area contributed by atoms with Gasteiger partial charge in [-0.05, 0) is 25.2 Å². The van der Waals surface area contributed by atoms with Crippen LogP contribution in [-0.2, 0) is 0 Å². The normalized spacial score (nSPS) is 11.8. The summed E-state index contributed by atoms with van der Waals surface area (Å²) >= 11 is 0. The van der Waals surface area contributed by atoms with Crippen molar-refractivity contribution in [3.05, 3.63) is 0 Å². The number of primary amides is 1. The van der Waals surface area contributed by atoms with Crippen molar-refractivity contribution in [1.29, 1.82) is 0 Å². The summed E-state index contributed by atoms with van der Waals surface area (Å²) < 4.78 is 0. The van der Waals surface area contributed by atoms with Gasteiger partial charge in [-0.2, -0.15) is 5.10 Å². The van der Waals surface area contributed by atoms with E-state index in [1.54, 1.807) is 0 Å². The summed E-state index contributed by atoms with van der Waals surface area (Å²) in [5.74, 6) is 0.455. The maximum absolute atomic E-state index is 10.4. The number of carbonyl (C=O) groups is 1. The van der Waals surface area contributed by atoms with Gasteiger partial charge in [0.15, 0.2) is 0 Å². The van der Waals surface area contributed by atoms with Crippen LogP contribution < -0.4 is 11.2 Å². The molecular weight excluding hydrogens is 166 g/mol. The number of hydrazone groups is 1. The van der Waals surface area contributed by atoms with Crippen LogP contribution in [0.25, 0.3) is 0 Å². The number of hydrogen-bond donors (Lipinski definition) is 2. The quantitative estimate of drug-likeness (QED) is 0.498. The van der Waals surface area contributed by atoms with E-state index in [1.807, 2.05) is 6.92 Å². The third kappa shape index (κ3) is 4.50. The number of nitrogens with one attached hydrogen (secondary N) is 1. The fourth-order valence-electron chi connectivity index (χ4n) is 1.35. The fourth-order valence-corrected chi connectivity index (χ4v) is 1.35. The maximum atomic E-state index is 10.4. The molecule has 76 valence electrons. The Morgan fingerprint density at radius 1 is 1.38 bits per heavy atom. The molecular formula is C9H19N3O. The molecule has 0 aromatic carbocycles. The van der Waals surface area contributed by atoms with Gasteiger partial charge >= 0.3 is 6.03 Å². The standard InChI is InChI=1S/C9H19N3O/c1-4-7(5-2)8(6-3)11-12-9(10)13/h7H,4-6H2,1-3H3,(H3,10,12,13)/b11-8+. The Morgan fingerprint density at radius 3 is 2.23 bits per heavy atom. The smallest absolute Gasteiger partial charge is 0.332 e. The molecule has 0 rings (SSSR count). The molecule has 3 N–H and O–H groups in total. The Bertz CT molecular complexity index is 185. The lowest BCUT2D eigenvalue weighted by atomic mass is 9.96. The van der Waals surface area contributed by atoms with E-state index in [4.69, 9.17) is 5.73 Å². The first-order valence-corrected chi connectivity index (χ1v) is 4.77. The molecule has 0 bridgehead atoms. The molecule has 0 aliphatic heterocycles. The molecule has 0 unspecified atom stereocenters. The second kappa shape index (κ2) is 6.46. The van der Waals surface area contributed by atoms with E-state index in [1.165, 1.54) is 0 Å². The molecule has 0 saturated heterocycles. The predicted molar refractivity (Wildman–Crippen MR) is 54.5 cm³/mol. The Hall–Kier alpha value is -1.06.